The van der Waals surface area contributed by atoms with Crippen molar-refractivity contribution in [1.82, 2.24) is 10.2 Å². The first-order valence-corrected chi connectivity index (χ1v) is 14.7. The molecule has 0 radical (unpaired) electrons. The summed E-state index contributed by atoms with van der Waals surface area (Å²) in [6.45, 7) is 13.6. The van der Waals surface area contributed by atoms with Crippen molar-refractivity contribution >= 4 is 23.6 Å². The van der Waals surface area contributed by atoms with E-state index in [1.165, 1.54) is 0 Å². The lowest BCUT2D eigenvalue weighted by Gasteiger charge is -2.35. The minimum absolute atomic E-state index is 0.250. The number of amides is 3. The molecule has 3 rings (SSSR count). The summed E-state index contributed by atoms with van der Waals surface area (Å²) in [5, 5.41) is 5.91. The van der Waals surface area contributed by atoms with E-state index in [2.05, 4.69) is 10.6 Å². The van der Waals surface area contributed by atoms with Gasteiger partial charge in [-0.15, -0.1) is 0 Å². The van der Waals surface area contributed by atoms with Gasteiger partial charge in [0.25, 0.3) is 5.91 Å². The zero-order valence-corrected chi connectivity index (χ0v) is 26.0. The number of para-hydroxylation sites is 1. The Balaban J connectivity index is 2.10. The number of benzene rings is 3. The lowest BCUT2D eigenvalue weighted by atomic mass is 9.95. The van der Waals surface area contributed by atoms with Gasteiger partial charge in [0.1, 0.15) is 17.7 Å². The Bertz CT molecular complexity index is 1360. The Labute approximate surface area is 250 Å². The molecule has 0 heterocycles. The van der Waals surface area contributed by atoms with Crippen LogP contribution in [0.25, 0.3) is 0 Å². The van der Waals surface area contributed by atoms with Crippen LogP contribution in [0.4, 0.5) is 10.5 Å². The van der Waals surface area contributed by atoms with Gasteiger partial charge < -0.3 is 20.3 Å². The normalized spacial score (nSPS) is 12.6. The van der Waals surface area contributed by atoms with Crippen molar-refractivity contribution in [2.24, 2.45) is 0 Å². The van der Waals surface area contributed by atoms with Crippen LogP contribution in [-0.4, -0.2) is 41.0 Å². The number of nitrogens with one attached hydrogen (secondary N) is 2. The van der Waals surface area contributed by atoms with Crippen molar-refractivity contribution in [2.45, 2.75) is 85.4 Å². The van der Waals surface area contributed by atoms with E-state index in [9.17, 15) is 14.4 Å². The molecule has 3 amide bonds. The minimum Gasteiger partial charge on any atom is -0.444 e. The van der Waals surface area contributed by atoms with Crippen LogP contribution >= 0.6 is 0 Å². The third kappa shape index (κ3) is 9.20. The fourth-order valence-corrected chi connectivity index (χ4v) is 4.81. The van der Waals surface area contributed by atoms with Gasteiger partial charge in [-0.1, -0.05) is 85.6 Å². The van der Waals surface area contributed by atoms with Crippen LogP contribution in [0.1, 0.15) is 74.4 Å². The molecule has 0 aliphatic carbocycles. The number of unbranched alkanes of at least 4 members (excludes halogenated alkanes) is 1. The fourth-order valence-electron chi connectivity index (χ4n) is 4.81. The maximum Gasteiger partial charge on any atom is 0.408 e. The van der Waals surface area contributed by atoms with E-state index in [1.54, 1.807) is 25.7 Å². The second kappa shape index (κ2) is 14.7. The number of nitrogens with zero attached hydrogens (tertiary/aromatic N) is 1. The van der Waals surface area contributed by atoms with E-state index in [4.69, 9.17) is 4.74 Å². The minimum atomic E-state index is -0.946. The molecule has 2 N–H and O–H groups in total. The van der Waals surface area contributed by atoms with Gasteiger partial charge in [0.15, 0.2) is 0 Å². The Hall–Kier alpha value is -4.13. The van der Waals surface area contributed by atoms with Crippen LogP contribution in [0.5, 0.6) is 0 Å². The molecule has 2 unspecified atom stereocenters. The molecule has 0 bridgehead atoms. The van der Waals surface area contributed by atoms with Crippen LogP contribution < -0.4 is 10.6 Å². The van der Waals surface area contributed by atoms with Crippen LogP contribution in [0.15, 0.2) is 72.8 Å². The topological polar surface area (TPSA) is 87.7 Å². The predicted molar refractivity (Wildman–Crippen MR) is 168 cm³/mol. The Kier molecular flexibility index (Phi) is 11.3. The quantitative estimate of drug-likeness (QED) is 0.258. The summed E-state index contributed by atoms with van der Waals surface area (Å²) in [5.41, 5.74) is 4.40. The first-order valence-electron chi connectivity index (χ1n) is 14.7. The third-order valence-corrected chi connectivity index (χ3v) is 7.00. The predicted octanol–water partition coefficient (Wildman–Crippen LogP) is 7.06. The smallest absolute Gasteiger partial charge is 0.408 e. The Morgan fingerprint density at radius 3 is 2.19 bits per heavy atom. The van der Waals surface area contributed by atoms with Gasteiger partial charge in [-0.05, 0) is 76.3 Å². The highest BCUT2D eigenvalue weighted by Crippen LogP contribution is 2.29. The van der Waals surface area contributed by atoms with Gasteiger partial charge in [0.05, 0.1) is 0 Å². The van der Waals surface area contributed by atoms with Crippen molar-refractivity contribution in [2.75, 3.05) is 11.9 Å². The van der Waals surface area contributed by atoms with Crippen molar-refractivity contribution in [1.29, 1.82) is 0 Å². The van der Waals surface area contributed by atoms with Crippen LogP contribution in [0.3, 0.4) is 0 Å². The number of carbonyl (C=O) groups excluding carboxylic acids is 3. The van der Waals surface area contributed by atoms with Gasteiger partial charge in [0.2, 0.25) is 5.91 Å². The first kappa shape index (κ1) is 32.4. The maximum absolute atomic E-state index is 14.6. The SMILES string of the molecule is CCCCN(C(=O)C(Cc1ccccc1)NC(=O)OC(C)(C)C)C(C(=O)Nc1ccccc1C)c1cc(C)ccc1C. The molecule has 0 aromatic heterocycles. The number of anilines is 1. The van der Waals surface area contributed by atoms with E-state index in [0.29, 0.717) is 18.7 Å². The van der Waals surface area contributed by atoms with Gasteiger partial charge in [-0.2, -0.15) is 0 Å². The third-order valence-electron chi connectivity index (χ3n) is 7.00. The zero-order valence-electron chi connectivity index (χ0n) is 26.0. The highest BCUT2D eigenvalue weighted by Gasteiger charge is 2.37. The molecule has 224 valence electrons. The van der Waals surface area contributed by atoms with E-state index in [0.717, 1.165) is 34.2 Å². The molecule has 0 saturated heterocycles. The van der Waals surface area contributed by atoms with Crippen LogP contribution in [-0.2, 0) is 20.7 Å². The lowest BCUT2D eigenvalue weighted by molar-refractivity contribution is -0.140. The summed E-state index contributed by atoms with van der Waals surface area (Å²) in [6.07, 6.45) is 1.08. The van der Waals surface area contributed by atoms with E-state index >= 15 is 0 Å². The number of carbonyl (C=O) groups is 3. The van der Waals surface area contributed by atoms with Gasteiger partial charge in [-0.3, -0.25) is 9.59 Å². The average molecular weight is 572 g/mol. The largest absolute Gasteiger partial charge is 0.444 e. The van der Waals surface area contributed by atoms with Crippen molar-refractivity contribution in [3.05, 3.63) is 101 Å². The summed E-state index contributed by atoms with van der Waals surface area (Å²) >= 11 is 0. The lowest BCUT2D eigenvalue weighted by Crippen LogP contribution is -2.53. The van der Waals surface area contributed by atoms with Crippen molar-refractivity contribution in [3.8, 4) is 0 Å². The number of aryl methyl sites for hydroxylation is 3. The number of hydrogen-bond donors (Lipinski definition) is 2. The van der Waals surface area contributed by atoms with Crippen molar-refractivity contribution < 1.29 is 19.1 Å². The molecule has 3 aromatic rings. The standard InChI is InChI=1S/C35H45N3O4/c1-8-9-21-38(33(40)30(23-27-16-11-10-12-17-27)37-34(41)42-35(5,6)7)31(28-22-24(2)19-20-25(28)3)32(39)36-29-18-14-13-15-26(29)4/h10-20,22,30-31H,8-9,21,23H2,1-7H3,(H,36,39)(H,37,41). The Morgan fingerprint density at radius 2 is 1.55 bits per heavy atom. The molecule has 0 aliphatic rings. The molecule has 7 nitrogen and oxygen atoms in total. The van der Waals surface area contributed by atoms with Crippen molar-refractivity contribution in [3.63, 3.8) is 0 Å². The summed E-state index contributed by atoms with van der Waals surface area (Å²) in [6, 6.07) is 21.2. The van der Waals surface area contributed by atoms with Gasteiger partial charge in [-0.25, -0.2) is 4.79 Å². The number of ether oxygens (including phenoxy) is 1. The monoisotopic (exact) mass is 571 g/mol. The summed E-state index contributed by atoms with van der Waals surface area (Å²) in [4.78, 5) is 43.4. The molecule has 0 saturated carbocycles. The van der Waals surface area contributed by atoms with Crippen LogP contribution in [0, 0.1) is 20.8 Å². The average Bonchev–Trinajstić information content (AvgIpc) is 2.92. The number of rotatable bonds is 11. The summed E-state index contributed by atoms with van der Waals surface area (Å²) in [7, 11) is 0. The van der Waals surface area contributed by atoms with Gasteiger partial charge >= 0.3 is 6.09 Å². The number of alkyl carbamates (subject to hydrolysis) is 1. The molecule has 42 heavy (non-hydrogen) atoms. The maximum atomic E-state index is 14.6. The molecular weight excluding hydrogens is 526 g/mol. The molecule has 3 aromatic carbocycles. The first-order chi connectivity index (χ1) is 19.9. The molecule has 2 atom stereocenters. The summed E-state index contributed by atoms with van der Waals surface area (Å²) in [5.74, 6) is -0.651. The summed E-state index contributed by atoms with van der Waals surface area (Å²) < 4.78 is 5.54. The Morgan fingerprint density at radius 1 is 0.881 bits per heavy atom. The highest BCUT2D eigenvalue weighted by molar-refractivity contribution is 5.99. The highest BCUT2D eigenvalue weighted by atomic mass is 16.6. The molecule has 7 heteroatoms. The molecule has 0 spiro atoms. The fraction of sp³-hybridized carbons (Fsp3) is 0.400. The van der Waals surface area contributed by atoms with Crippen LogP contribution in [0.2, 0.25) is 0 Å². The van der Waals surface area contributed by atoms with Gasteiger partial charge in [0, 0.05) is 18.7 Å². The number of hydrogen-bond acceptors (Lipinski definition) is 4. The van der Waals surface area contributed by atoms with E-state index in [-0.39, 0.29) is 18.2 Å². The molecule has 0 fully saturated rings. The second-order valence-corrected chi connectivity index (χ2v) is 11.8. The zero-order chi connectivity index (χ0) is 30.9. The molecule has 0 aliphatic heterocycles. The molecular formula is C35H45N3O4. The van der Waals surface area contributed by atoms with E-state index < -0.39 is 23.8 Å². The second-order valence-electron chi connectivity index (χ2n) is 11.8. The van der Waals surface area contributed by atoms with E-state index in [1.807, 2.05) is 100 Å².